The summed E-state index contributed by atoms with van der Waals surface area (Å²) in [5.74, 6) is 0.00275. The van der Waals surface area contributed by atoms with Gasteiger partial charge in [-0.25, -0.2) is 0 Å². The van der Waals surface area contributed by atoms with Crippen LogP contribution in [0, 0.1) is 0 Å². The quantitative estimate of drug-likeness (QED) is 0.746. The van der Waals surface area contributed by atoms with Crippen molar-refractivity contribution in [1.29, 1.82) is 0 Å². The third-order valence-corrected chi connectivity index (χ3v) is 2.55. The Labute approximate surface area is 84.6 Å². The summed E-state index contributed by atoms with van der Waals surface area (Å²) in [4.78, 5) is 0. The lowest BCUT2D eigenvalue weighted by molar-refractivity contribution is 0.374. The Morgan fingerprint density at radius 3 is 2.33 bits per heavy atom. The van der Waals surface area contributed by atoms with Crippen LogP contribution >= 0.6 is 34.8 Å². The molecular weight excluding hydrogens is 222 g/mol. The lowest BCUT2D eigenvalue weighted by Crippen LogP contribution is -1.86. The number of phenols is 1. The zero-order valence-electron chi connectivity index (χ0n) is 6.07. The van der Waals surface area contributed by atoms with Gasteiger partial charge < -0.3 is 9.84 Å². The normalized spacial score (nSPS) is 10.0. The first-order valence-electron chi connectivity index (χ1n) is 2.98. The Bertz CT molecular complexity index is 312. The lowest BCUT2D eigenvalue weighted by atomic mass is 10.3. The molecule has 1 aromatic rings. The molecule has 0 fully saturated rings. The first kappa shape index (κ1) is 9.78. The summed E-state index contributed by atoms with van der Waals surface area (Å²) < 4.78 is 4.79. The van der Waals surface area contributed by atoms with Gasteiger partial charge in [0, 0.05) is 6.07 Å². The predicted molar refractivity (Wildman–Crippen MR) is 49.7 cm³/mol. The van der Waals surface area contributed by atoms with Gasteiger partial charge in [-0.2, -0.15) is 0 Å². The van der Waals surface area contributed by atoms with Gasteiger partial charge in [-0.15, -0.1) is 0 Å². The monoisotopic (exact) mass is 226 g/mol. The Balaban J connectivity index is 3.40. The second-order valence-electron chi connectivity index (χ2n) is 2.04. The van der Waals surface area contributed by atoms with Crippen molar-refractivity contribution in [2.75, 3.05) is 7.11 Å². The molecule has 12 heavy (non-hydrogen) atoms. The molecular formula is C7H5Cl3O2. The molecule has 0 aromatic heterocycles. The Morgan fingerprint density at radius 1 is 1.25 bits per heavy atom. The number of methoxy groups -OCH3 is 1. The average molecular weight is 227 g/mol. The maximum atomic E-state index is 9.24. The third kappa shape index (κ3) is 1.56. The molecule has 2 nitrogen and oxygen atoms in total. The number of benzene rings is 1. The number of aromatic hydroxyl groups is 1. The molecule has 0 heterocycles. The van der Waals surface area contributed by atoms with E-state index in [1.165, 1.54) is 13.2 Å². The minimum absolute atomic E-state index is 0.115. The van der Waals surface area contributed by atoms with Gasteiger partial charge in [0.2, 0.25) is 0 Å². The summed E-state index contributed by atoms with van der Waals surface area (Å²) in [6.45, 7) is 0. The molecule has 0 aliphatic heterocycles. The van der Waals surface area contributed by atoms with E-state index < -0.39 is 0 Å². The average Bonchev–Trinajstić information content (AvgIpc) is 2.01. The van der Waals surface area contributed by atoms with E-state index in [1.807, 2.05) is 0 Å². The van der Waals surface area contributed by atoms with Crippen molar-refractivity contribution in [3.8, 4) is 11.5 Å². The zero-order chi connectivity index (χ0) is 9.30. The Morgan fingerprint density at radius 2 is 1.83 bits per heavy atom. The highest BCUT2D eigenvalue weighted by Crippen LogP contribution is 2.43. The molecule has 0 amide bonds. The molecule has 1 rings (SSSR count). The highest BCUT2D eigenvalue weighted by molar-refractivity contribution is 6.48. The molecule has 0 spiro atoms. The third-order valence-electron chi connectivity index (χ3n) is 1.30. The van der Waals surface area contributed by atoms with Gasteiger partial charge in [-0.3, -0.25) is 0 Å². The molecule has 66 valence electrons. The second kappa shape index (κ2) is 3.60. The number of hydrogen-bond donors (Lipinski definition) is 1. The van der Waals surface area contributed by atoms with E-state index >= 15 is 0 Å². The molecule has 0 bridgehead atoms. The molecule has 0 saturated carbocycles. The number of rotatable bonds is 1. The number of phenolic OH excluding ortho intramolecular Hbond substituents is 1. The second-order valence-corrected chi connectivity index (χ2v) is 3.20. The van der Waals surface area contributed by atoms with Gasteiger partial charge in [0.15, 0.2) is 11.5 Å². The summed E-state index contributed by atoms with van der Waals surface area (Å²) >= 11 is 17.0. The topological polar surface area (TPSA) is 29.5 Å². The van der Waals surface area contributed by atoms with E-state index in [4.69, 9.17) is 39.5 Å². The lowest BCUT2D eigenvalue weighted by Gasteiger charge is -2.07. The summed E-state index contributed by atoms with van der Waals surface area (Å²) in [7, 11) is 1.38. The summed E-state index contributed by atoms with van der Waals surface area (Å²) in [5, 5.41) is 9.73. The van der Waals surface area contributed by atoms with E-state index in [0.29, 0.717) is 0 Å². The van der Waals surface area contributed by atoms with Gasteiger partial charge in [0.1, 0.15) is 5.02 Å². The summed E-state index contributed by atoms with van der Waals surface area (Å²) in [5.41, 5.74) is 0. The fourth-order valence-electron chi connectivity index (χ4n) is 0.760. The SMILES string of the molecule is COc1c(O)cc(Cl)c(Cl)c1Cl. The molecule has 0 atom stereocenters. The van der Waals surface area contributed by atoms with E-state index in [0.717, 1.165) is 0 Å². The van der Waals surface area contributed by atoms with Crippen LogP contribution in [0.5, 0.6) is 11.5 Å². The van der Waals surface area contributed by atoms with Crippen molar-refractivity contribution >= 4 is 34.8 Å². The molecule has 0 aliphatic rings. The summed E-state index contributed by atoms with van der Waals surface area (Å²) in [6, 6.07) is 1.27. The van der Waals surface area contributed by atoms with Crippen LogP contribution in [0.4, 0.5) is 0 Å². The Hall–Kier alpha value is -0.310. The molecule has 1 aromatic carbocycles. The van der Waals surface area contributed by atoms with E-state index in [1.54, 1.807) is 0 Å². The van der Waals surface area contributed by atoms with Crippen molar-refractivity contribution in [2.45, 2.75) is 0 Å². The van der Waals surface area contributed by atoms with Crippen LogP contribution in [-0.2, 0) is 0 Å². The van der Waals surface area contributed by atoms with Gasteiger partial charge in [-0.05, 0) is 0 Å². The van der Waals surface area contributed by atoms with Crippen molar-refractivity contribution in [3.63, 3.8) is 0 Å². The van der Waals surface area contributed by atoms with Crippen LogP contribution < -0.4 is 4.74 Å². The van der Waals surface area contributed by atoms with E-state index in [-0.39, 0.29) is 26.6 Å². The van der Waals surface area contributed by atoms with Crippen LogP contribution in [0.15, 0.2) is 6.07 Å². The van der Waals surface area contributed by atoms with Crippen LogP contribution in [-0.4, -0.2) is 12.2 Å². The number of halogens is 3. The van der Waals surface area contributed by atoms with Gasteiger partial charge >= 0.3 is 0 Å². The van der Waals surface area contributed by atoms with Crippen LogP contribution in [0.25, 0.3) is 0 Å². The molecule has 0 radical (unpaired) electrons. The van der Waals surface area contributed by atoms with E-state index in [9.17, 15) is 5.11 Å². The number of hydrogen-bond acceptors (Lipinski definition) is 2. The highest BCUT2D eigenvalue weighted by Gasteiger charge is 2.14. The molecule has 1 N–H and O–H groups in total. The van der Waals surface area contributed by atoms with Gasteiger partial charge in [0.25, 0.3) is 0 Å². The standard InChI is InChI=1S/C7H5Cl3O2/c1-12-7-4(11)2-3(8)5(9)6(7)10/h2,11H,1H3. The molecule has 0 aliphatic carbocycles. The van der Waals surface area contributed by atoms with Gasteiger partial charge in [0.05, 0.1) is 17.2 Å². The van der Waals surface area contributed by atoms with Crippen molar-refractivity contribution < 1.29 is 9.84 Å². The van der Waals surface area contributed by atoms with Crippen molar-refractivity contribution in [3.05, 3.63) is 21.1 Å². The molecule has 0 saturated heterocycles. The molecule has 5 heteroatoms. The predicted octanol–water partition coefficient (Wildman–Crippen LogP) is 3.36. The van der Waals surface area contributed by atoms with Crippen molar-refractivity contribution in [2.24, 2.45) is 0 Å². The first-order valence-corrected chi connectivity index (χ1v) is 4.11. The van der Waals surface area contributed by atoms with Crippen molar-refractivity contribution in [1.82, 2.24) is 0 Å². The minimum atomic E-state index is -0.128. The largest absolute Gasteiger partial charge is 0.504 e. The highest BCUT2D eigenvalue weighted by atomic mass is 35.5. The first-order chi connectivity index (χ1) is 5.57. The molecule has 0 unspecified atom stereocenters. The van der Waals surface area contributed by atoms with Crippen LogP contribution in [0.2, 0.25) is 15.1 Å². The van der Waals surface area contributed by atoms with E-state index in [2.05, 4.69) is 0 Å². The zero-order valence-corrected chi connectivity index (χ0v) is 8.33. The fraction of sp³-hybridized carbons (Fsp3) is 0.143. The Kier molecular flexibility index (Phi) is 2.94. The minimum Gasteiger partial charge on any atom is -0.504 e. The number of ether oxygens (including phenoxy) is 1. The summed E-state index contributed by atoms with van der Waals surface area (Å²) in [6.07, 6.45) is 0. The fourth-order valence-corrected chi connectivity index (χ4v) is 1.42. The van der Waals surface area contributed by atoms with Crippen LogP contribution in [0.1, 0.15) is 0 Å². The van der Waals surface area contributed by atoms with Gasteiger partial charge in [-0.1, -0.05) is 34.8 Å². The maximum absolute atomic E-state index is 9.24. The maximum Gasteiger partial charge on any atom is 0.180 e. The van der Waals surface area contributed by atoms with Crippen LogP contribution in [0.3, 0.4) is 0 Å². The smallest absolute Gasteiger partial charge is 0.180 e.